The maximum atomic E-state index is 13.8. The van der Waals surface area contributed by atoms with E-state index in [2.05, 4.69) is 52.3 Å². The Labute approximate surface area is 313 Å². The number of nitrogens with zero attached hydrogens (tertiary/aromatic N) is 2. The molecule has 54 heavy (non-hydrogen) atoms. The Morgan fingerprint density at radius 1 is 1.00 bits per heavy atom. The number of carbonyl (C=O) groups excluding carboxylic acids is 4. The van der Waals surface area contributed by atoms with Crippen LogP contribution in [-0.4, -0.2) is 79.6 Å². The molecule has 2 heterocycles. The van der Waals surface area contributed by atoms with E-state index in [0.717, 1.165) is 24.5 Å². The maximum Gasteiger partial charge on any atom is 0.478 e. The first kappa shape index (κ1) is 39.5. The van der Waals surface area contributed by atoms with Crippen molar-refractivity contribution in [3.8, 4) is 0 Å². The molecule has 0 spiro atoms. The second kappa shape index (κ2) is 14.5. The first-order valence-corrected chi connectivity index (χ1v) is 18.4. The number of carbonyl (C=O) groups is 4. The standard InChI is InChI=1S/C38H48BF3N6O6/c1-22(2)36(20-49,46-32(51)25-13-10-14-26(16-25)37(47-48-37)38(40,41)42)19-43-28(15-24-11-8-7-9-12-24)33(52)45-23(3)31(50)44-21-39-53-30-18-27-17-29(34(27,4)5)35(30,6)54-39/h7-14,16,20,22-23,27-30,43H,15,17-19,21H2,1-6H3,(H,44,50)(H,45,52)(H,46,51)/t23-,27-,28?,29-,30+,35-,36+/m0/s1. The fraction of sp³-hybridized carbons (Fsp3) is 0.579. The molecule has 3 saturated carbocycles. The van der Waals surface area contributed by atoms with Crippen molar-refractivity contribution in [3.63, 3.8) is 0 Å². The van der Waals surface area contributed by atoms with Gasteiger partial charge in [-0.2, -0.15) is 13.2 Å². The average molecular weight is 753 g/mol. The molecular weight excluding hydrogens is 704 g/mol. The van der Waals surface area contributed by atoms with Gasteiger partial charge in [-0.3, -0.25) is 14.4 Å². The molecule has 7 rings (SSSR count). The summed E-state index contributed by atoms with van der Waals surface area (Å²) in [5.74, 6) is -1.30. The van der Waals surface area contributed by atoms with E-state index >= 15 is 0 Å². The lowest BCUT2D eigenvalue weighted by Gasteiger charge is -2.64. The second-order valence-electron chi connectivity index (χ2n) is 16.2. The lowest BCUT2D eigenvalue weighted by molar-refractivity contribution is -0.199. The Morgan fingerprint density at radius 2 is 1.70 bits per heavy atom. The van der Waals surface area contributed by atoms with E-state index in [1.54, 1.807) is 20.8 Å². The zero-order valence-corrected chi connectivity index (χ0v) is 31.3. The largest absolute Gasteiger partial charge is 0.478 e. The van der Waals surface area contributed by atoms with E-state index in [9.17, 15) is 32.3 Å². The average Bonchev–Trinajstić information content (AvgIpc) is 3.88. The molecule has 3 aliphatic carbocycles. The zero-order chi connectivity index (χ0) is 39.3. The molecule has 1 saturated heterocycles. The van der Waals surface area contributed by atoms with Gasteiger partial charge in [0.1, 0.15) is 17.9 Å². The van der Waals surface area contributed by atoms with Crippen molar-refractivity contribution in [1.82, 2.24) is 21.3 Å². The van der Waals surface area contributed by atoms with Crippen LogP contribution in [0.1, 0.15) is 75.9 Å². The van der Waals surface area contributed by atoms with Crippen molar-refractivity contribution >= 4 is 31.1 Å². The van der Waals surface area contributed by atoms with Gasteiger partial charge in [0.2, 0.25) is 11.8 Å². The van der Waals surface area contributed by atoms with E-state index in [1.165, 1.54) is 18.2 Å². The highest BCUT2D eigenvalue weighted by molar-refractivity contribution is 6.46. The van der Waals surface area contributed by atoms with Crippen LogP contribution in [-0.2, 0) is 35.8 Å². The number of aldehydes is 1. The molecule has 5 aliphatic rings. The lowest BCUT2D eigenvalue weighted by Crippen LogP contribution is -2.65. The van der Waals surface area contributed by atoms with Crippen molar-refractivity contribution in [3.05, 3.63) is 71.3 Å². The maximum absolute atomic E-state index is 13.8. The van der Waals surface area contributed by atoms with Crippen LogP contribution in [0.15, 0.2) is 64.8 Å². The summed E-state index contributed by atoms with van der Waals surface area (Å²) in [6.45, 7) is 11.4. The molecule has 1 unspecified atom stereocenters. The molecule has 2 aromatic carbocycles. The molecule has 0 radical (unpaired) electrons. The van der Waals surface area contributed by atoms with Gasteiger partial charge in [0.25, 0.3) is 5.91 Å². The quantitative estimate of drug-likeness (QED) is 0.156. The normalized spacial score (nSPS) is 26.8. The number of hydrogen-bond acceptors (Lipinski definition) is 9. The topological polar surface area (TPSA) is 160 Å². The summed E-state index contributed by atoms with van der Waals surface area (Å²) in [5.41, 5.74) is -4.18. The fourth-order valence-electron chi connectivity index (χ4n) is 8.36. The van der Waals surface area contributed by atoms with Gasteiger partial charge in [0, 0.05) is 17.7 Å². The SMILES string of the molecule is CC(C)[C@](C=O)(CNC(Cc1ccccc1)C(=O)N[C@@H](C)C(=O)NCB1O[C@@H]2C[C@@H]3C[C@@H](C3(C)C)[C@]2(C)O1)NC(=O)c1cccc(C2(C(F)(F)F)N=N2)c1. The highest BCUT2D eigenvalue weighted by Gasteiger charge is 2.68. The van der Waals surface area contributed by atoms with Crippen molar-refractivity contribution in [2.24, 2.45) is 33.4 Å². The summed E-state index contributed by atoms with van der Waals surface area (Å²) < 4.78 is 53.6. The minimum atomic E-state index is -4.78. The number of benzene rings is 2. The van der Waals surface area contributed by atoms with Crippen LogP contribution in [0.2, 0.25) is 0 Å². The Kier molecular flexibility index (Phi) is 10.6. The summed E-state index contributed by atoms with van der Waals surface area (Å²) >= 11 is 0. The lowest BCUT2D eigenvalue weighted by atomic mass is 9.43. The van der Waals surface area contributed by atoms with Gasteiger partial charge < -0.3 is 35.4 Å². The summed E-state index contributed by atoms with van der Waals surface area (Å²) in [7, 11) is -0.607. The molecule has 7 atom stereocenters. The molecule has 3 amide bonds. The first-order chi connectivity index (χ1) is 25.3. The number of rotatable bonds is 15. The molecule has 2 aliphatic heterocycles. The van der Waals surface area contributed by atoms with Gasteiger partial charge in [0.15, 0.2) is 0 Å². The Hall–Kier alpha value is -4.15. The van der Waals surface area contributed by atoms with Crippen molar-refractivity contribution < 1.29 is 41.7 Å². The minimum absolute atomic E-state index is 0.0338. The van der Waals surface area contributed by atoms with Gasteiger partial charge in [-0.1, -0.05) is 70.2 Å². The van der Waals surface area contributed by atoms with Gasteiger partial charge in [-0.05, 0) is 74.0 Å². The Balaban J connectivity index is 1.09. The molecule has 2 bridgehead atoms. The summed E-state index contributed by atoms with van der Waals surface area (Å²) in [6, 6.07) is 12.1. The molecular formula is C38H48BF3N6O6. The highest BCUT2D eigenvalue weighted by atomic mass is 19.4. The Bertz CT molecular complexity index is 1790. The molecule has 16 heteroatoms. The van der Waals surface area contributed by atoms with Crippen LogP contribution in [0.3, 0.4) is 0 Å². The van der Waals surface area contributed by atoms with Crippen LogP contribution in [0.5, 0.6) is 0 Å². The summed E-state index contributed by atoms with van der Waals surface area (Å²) in [4.78, 5) is 53.2. The molecule has 2 aromatic rings. The van der Waals surface area contributed by atoms with Gasteiger partial charge in [-0.25, -0.2) is 0 Å². The molecule has 290 valence electrons. The minimum Gasteiger partial charge on any atom is -0.404 e. The van der Waals surface area contributed by atoms with Crippen LogP contribution < -0.4 is 21.3 Å². The number of alkyl halides is 3. The van der Waals surface area contributed by atoms with E-state index < -0.39 is 65.8 Å². The van der Waals surface area contributed by atoms with Gasteiger partial charge >= 0.3 is 19.0 Å². The predicted octanol–water partition coefficient (Wildman–Crippen LogP) is 4.28. The third kappa shape index (κ3) is 7.31. The monoisotopic (exact) mass is 752 g/mol. The fourth-order valence-corrected chi connectivity index (χ4v) is 8.36. The van der Waals surface area contributed by atoms with Crippen molar-refractivity contribution in [2.45, 2.75) is 102 Å². The second-order valence-corrected chi connectivity index (χ2v) is 16.2. The van der Waals surface area contributed by atoms with Crippen molar-refractivity contribution in [2.75, 3.05) is 13.0 Å². The van der Waals surface area contributed by atoms with E-state index in [1.807, 2.05) is 30.3 Å². The molecule has 0 aromatic heterocycles. The van der Waals surface area contributed by atoms with E-state index in [4.69, 9.17) is 9.31 Å². The van der Waals surface area contributed by atoms with Gasteiger partial charge in [-0.15, -0.1) is 10.2 Å². The number of hydrogen-bond donors (Lipinski definition) is 4. The molecule has 12 nitrogen and oxygen atoms in total. The Morgan fingerprint density at radius 3 is 2.31 bits per heavy atom. The zero-order valence-electron chi connectivity index (χ0n) is 31.3. The smallest absolute Gasteiger partial charge is 0.404 e. The summed E-state index contributed by atoms with van der Waals surface area (Å²) in [5, 5.41) is 17.8. The first-order valence-electron chi connectivity index (χ1n) is 18.4. The van der Waals surface area contributed by atoms with E-state index in [-0.39, 0.29) is 42.1 Å². The predicted molar refractivity (Wildman–Crippen MR) is 193 cm³/mol. The van der Waals surface area contributed by atoms with Crippen LogP contribution in [0.4, 0.5) is 13.2 Å². The van der Waals surface area contributed by atoms with E-state index in [0.29, 0.717) is 18.1 Å². The highest BCUT2D eigenvalue weighted by Crippen LogP contribution is 2.65. The van der Waals surface area contributed by atoms with Crippen molar-refractivity contribution in [1.29, 1.82) is 0 Å². The molecule has 4 N–H and O–H groups in total. The van der Waals surface area contributed by atoms with Crippen LogP contribution in [0, 0.1) is 23.2 Å². The van der Waals surface area contributed by atoms with Crippen LogP contribution in [0.25, 0.3) is 0 Å². The molecule has 4 fully saturated rings. The number of amides is 3. The van der Waals surface area contributed by atoms with Crippen LogP contribution >= 0.6 is 0 Å². The third-order valence-electron chi connectivity index (χ3n) is 12.2. The third-order valence-corrected chi connectivity index (χ3v) is 12.2. The van der Waals surface area contributed by atoms with Gasteiger partial charge in [0.05, 0.1) is 24.2 Å². The summed E-state index contributed by atoms with van der Waals surface area (Å²) in [6.07, 6.45) is -1.94. The number of nitrogens with one attached hydrogen (secondary N) is 4. The number of halogens is 3.